The highest BCUT2D eigenvalue weighted by Gasteiger charge is 2.58. The summed E-state index contributed by atoms with van der Waals surface area (Å²) in [6.45, 7) is 2.10. The SMILES string of the molecule is CO[C@H]1C[C@]2(C)C(=O)CC[C@H]2[C@@H]2CCc3c(ccc(O)c3F)[C@H]21. The molecular weight excluding hydrogens is 295 g/mol. The molecule has 124 valence electrons. The normalized spacial score (nSPS) is 38.8. The fourth-order valence-electron chi connectivity index (χ4n) is 5.66. The number of benzene rings is 1. The van der Waals surface area contributed by atoms with Crippen molar-refractivity contribution >= 4 is 5.78 Å². The summed E-state index contributed by atoms with van der Waals surface area (Å²) >= 11 is 0. The summed E-state index contributed by atoms with van der Waals surface area (Å²) in [6, 6.07) is 3.31. The van der Waals surface area contributed by atoms with Gasteiger partial charge in [-0.25, -0.2) is 4.39 Å². The van der Waals surface area contributed by atoms with Gasteiger partial charge in [0.25, 0.3) is 0 Å². The van der Waals surface area contributed by atoms with E-state index in [9.17, 15) is 14.3 Å². The zero-order chi connectivity index (χ0) is 16.4. The molecule has 0 unspecified atom stereocenters. The molecule has 0 saturated heterocycles. The molecule has 1 aromatic rings. The Hall–Kier alpha value is -1.42. The van der Waals surface area contributed by atoms with Gasteiger partial charge in [-0.3, -0.25) is 4.79 Å². The van der Waals surface area contributed by atoms with Crippen LogP contribution in [0.4, 0.5) is 4.39 Å². The van der Waals surface area contributed by atoms with Crippen molar-refractivity contribution in [2.75, 3.05) is 7.11 Å². The molecule has 0 heterocycles. The first-order valence-electron chi connectivity index (χ1n) is 8.53. The number of phenols is 1. The number of aromatic hydroxyl groups is 1. The van der Waals surface area contributed by atoms with Gasteiger partial charge in [-0.15, -0.1) is 0 Å². The molecule has 3 aliphatic rings. The van der Waals surface area contributed by atoms with Gasteiger partial charge in [-0.05, 0) is 54.7 Å². The highest BCUT2D eigenvalue weighted by Crippen LogP contribution is 2.60. The van der Waals surface area contributed by atoms with E-state index >= 15 is 0 Å². The van der Waals surface area contributed by atoms with Crippen LogP contribution in [0, 0.1) is 23.1 Å². The maximum absolute atomic E-state index is 14.3. The van der Waals surface area contributed by atoms with Crippen LogP contribution in [0.2, 0.25) is 0 Å². The standard InChI is InChI=1S/C19H23FO3/c1-19-9-15(23-2)17-10-5-7-14(21)18(20)11(10)3-4-12(17)13(19)6-8-16(19)22/h5,7,12-13,15,17,21H,3-4,6,8-9H2,1-2H3/t12-,13-,15-,17+,19-/m0/s1. The summed E-state index contributed by atoms with van der Waals surface area (Å²) in [4.78, 5) is 12.5. The van der Waals surface area contributed by atoms with Crippen molar-refractivity contribution in [1.29, 1.82) is 0 Å². The zero-order valence-corrected chi connectivity index (χ0v) is 13.6. The van der Waals surface area contributed by atoms with Gasteiger partial charge < -0.3 is 9.84 Å². The molecule has 0 aromatic heterocycles. The molecule has 1 N–H and O–H groups in total. The molecule has 0 aliphatic heterocycles. The average Bonchev–Trinajstić information content (AvgIpc) is 2.85. The molecule has 0 radical (unpaired) electrons. The average molecular weight is 318 g/mol. The number of rotatable bonds is 1. The lowest BCUT2D eigenvalue weighted by Gasteiger charge is -2.51. The summed E-state index contributed by atoms with van der Waals surface area (Å²) in [7, 11) is 1.69. The number of hydrogen-bond acceptors (Lipinski definition) is 3. The van der Waals surface area contributed by atoms with E-state index in [4.69, 9.17) is 4.74 Å². The first kappa shape index (κ1) is 15.1. The minimum absolute atomic E-state index is 0.0636. The van der Waals surface area contributed by atoms with Gasteiger partial charge in [0.05, 0.1) is 6.10 Å². The molecule has 4 rings (SSSR count). The number of hydrogen-bond donors (Lipinski definition) is 1. The molecule has 3 aliphatic carbocycles. The van der Waals surface area contributed by atoms with Crippen LogP contribution < -0.4 is 0 Å². The van der Waals surface area contributed by atoms with E-state index in [1.165, 1.54) is 6.07 Å². The smallest absolute Gasteiger partial charge is 0.168 e. The number of carbonyl (C=O) groups excluding carboxylic acids is 1. The Labute approximate surface area is 135 Å². The predicted octanol–water partition coefficient (Wildman–Crippen LogP) is 3.58. The number of Topliss-reactive ketones (excluding diaryl/α,β-unsaturated/α-hetero) is 1. The highest BCUT2D eigenvalue weighted by atomic mass is 19.1. The van der Waals surface area contributed by atoms with Gasteiger partial charge in [-0.2, -0.15) is 0 Å². The second kappa shape index (κ2) is 5.04. The predicted molar refractivity (Wildman–Crippen MR) is 83.9 cm³/mol. The van der Waals surface area contributed by atoms with Gasteiger partial charge in [0.2, 0.25) is 0 Å². The number of methoxy groups -OCH3 is 1. The molecule has 5 atom stereocenters. The summed E-state index contributed by atoms with van der Waals surface area (Å²) < 4.78 is 20.1. The second-order valence-corrected chi connectivity index (χ2v) is 7.66. The van der Waals surface area contributed by atoms with Gasteiger partial charge in [0, 0.05) is 24.9 Å². The molecule has 0 amide bonds. The summed E-state index contributed by atoms with van der Waals surface area (Å²) in [6.07, 6.45) is 3.77. The first-order chi connectivity index (χ1) is 11.0. The minimum atomic E-state index is -0.480. The lowest BCUT2D eigenvalue weighted by atomic mass is 9.54. The fourth-order valence-corrected chi connectivity index (χ4v) is 5.66. The van der Waals surface area contributed by atoms with Gasteiger partial charge >= 0.3 is 0 Å². The van der Waals surface area contributed by atoms with Crippen LogP contribution in [-0.2, 0) is 16.0 Å². The van der Waals surface area contributed by atoms with Crippen molar-refractivity contribution in [3.8, 4) is 5.75 Å². The lowest BCUT2D eigenvalue weighted by molar-refractivity contribution is -0.135. The number of ether oxygens (including phenoxy) is 1. The largest absolute Gasteiger partial charge is 0.505 e. The molecule has 23 heavy (non-hydrogen) atoms. The van der Waals surface area contributed by atoms with Crippen molar-refractivity contribution in [3.05, 3.63) is 29.1 Å². The maximum Gasteiger partial charge on any atom is 0.168 e. The van der Waals surface area contributed by atoms with E-state index in [1.807, 2.05) is 6.07 Å². The molecule has 0 bridgehead atoms. The van der Waals surface area contributed by atoms with E-state index in [0.717, 1.165) is 24.8 Å². The summed E-state index contributed by atoms with van der Waals surface area (Å²) in [5.74, 6) is 0.478. The Morgan fingerprint density at radius 2 is 2.09 bits per heavy atom. The number of phenolic OH excluding ortho intramolecular Hbond substituents is 1. The van der Waals surface area contributed by atoms with Crippen LogP contribution in [0.1, 0.15) is 49.7 Å². The molecule has 4 heteroatoms. The van der Waals surface area contributed by atoms with Crippen LogP contribution >= 0.6 is 0 Å². The van der Waals surface area contributed by atoms with Gasteiger partial charge in [0.1, 0.15) is 5.78 Å². The number of ketones is 1. The lowest BCUT2D eigenvalue weighted by Crippen LogP contribution is -2.49. The van der Waals surface area contributed by atoms with Crippen molar-refractivity contribution in [2.45, 2.75) is 51.0 Å². The number of fused-ring (bicyclic) bond motifs is 5. The number of halogens is 1. The first-order valence-corrected chi connectivity index (χ1v) is 8.53. The van der Waals surface area contributed by atoms with E-state index in [-0.39, 0.29) is 23.2 Å². The highest BCUT2D eigenvalue weighted by molar-refractivity contribution is 5.87. The van der Waals surface area contributed by atoms with Crippen molar-refractivity contribution in [2.24, 2.45) is 17.3 Å². The Morgan fingerprint density at radius 3 is 2.83 bits per heavy atom. The Kier molecular flexibility index (Phi) is 3.31. The van der Waals surface area contributed by atoms with Crippen molar-refractivity contribution < 1.29 is 19.0 Å². The van der Waals surface area contributed by atoms with Gasteiger partial charge in [-0.1, -0.05) is 13.0 Å². The van der Waals surface area contributed by atoms with Crippen molar-refractivity contribution in [3.63, 3.8) is 0 Å². The topological polar surface area (TPSA) is 46.5 Å². The van der Waals surface area contributed by atoms with E-state index in [0.29, 0.717) is 36.0 Å². The van der Waals surface area contributed by atoms with Crippen LogP contribution in [0.5, 0.6) is 5.75 Å². The molecule has 2 fully saturated rings. The zero-order valence-electron chi connectivity index (χ0n) is 13.6. The second-order valence-electron chi connectivity index (χ2n) is 7.66. The molecule has 3 nitrogen and oxygen atoms in total. The van der Waals surface area contributed by atoms with E-state index in [1.54, 1.807) is 7.11 Å². The Bertz CT molecular complexity index is 671. The molecular formula is C19H23FO3. The summed E-state index contributed by atoms with van der Waals surface area (Å²) in [5.41, 5.74) is 1.33. The van der Waals surface area contributed by atoms with E-state index < -0.39 is 5.82 Å². The van der Waals surface area contributed by atoms with Crippen molar-refractivity contribution in [1.82, 2.24) is 0 Å². The van der Waals surface area contributed by atoms with Gasteiger partial charge in [0.15, 0.2) is 11.6 Å². The molecule has 1 aromatic carbocycles. The van der Waals surface area contributed by atoms with Crippen LogP contribution in [0.25, 0.3) is 0 Å². The third kappa shape index (κ3) is 1.94. The number of carbonyl (C=O) groups is 1. The Balaban J connectivity index is 1.82. The third-order valence-electron chi connectivity index (χ3n) is 6.79. The molecule has 2 saturated carbocycles. The van der Waals surface area contributed by atoms with Crippen LogP contribution in [-0.4, -0.2) is 24.1 Å². The van der Waals surface area contributed by atoms with Crippen LogP contribution in [0.15, 0.2) is 12.1 Å². The Morgan fingerprint density at radius 1 is 1.30 bits per heavy atom. The third-order valence-corrected chi connectivity index (χ3v) is 6.79. The fraction of sp³-hybridized carbons (Fsp3) is 0.632. The quantitative estimate of drug-likeness (QED) is 0.861. The summed E-state index contributed by atoms with van der Waals surface area (Å²) in [5, 5.41) is 9.67. The van der Waals surface area contributed by atoms with E-state index in [2.05, 4.69) is 6.92 Å². The minimum Gasteiger partial charge on any atom is -0.505 e. The monoisotopic (exact) mass is 318 g/mol. The maximum atomic E-state index is 14.3. The van der Waals surface area contributed by atoms with Crippen LogP contribution in [0.3, 0.4) is 0 Å². The molecule has 0 spiro atoms.